The Kier molecular flexibility index (Phi) is 5.61. The molecule has 5 rings (SSSR count). The standard InChI is InChI=1S/C25H25Cl2N7O/c1-25(2)11-10-13-15(25)8-9-18(19(13)33(3)4)30-23-29-12-14-21(28)34(24(35)32-22(14)31-23)20-16(26)6-5-7-17(20)27/h5-9,12,28H,10-11H2,1-4H3,(H2,29,30,31,32,35). The van der Waals surface area contributed by atoms with Gasteiger partial charge in [-0.25, -0.2) is 14.3 Å². The minimum absolute atomic E-state index is 0.112. The summed E-state index contributed by atoms with van der Waals surface area (Å²) in [5.74, 6) is 0.321. The third kappa shape index (κ3) is 3.86. The lowest BCUT2D eigenvalue weighted by molar-refractivity contribution is 0.522. The van der Waals surface area contributed by atoms with E-state index in [1.54, 1.807) is 18.2 Å². The number of aromatic nitrogens is 4. The third-order valence-corrected chi connectivity index (χ3v) is 7.17. The summed E-state index contributed by atoms with van der Waals surface area (Å²) in [6.07, 6.45) is 3.61. The molecule has 0 fully saturated rings. The van der Waals surface area contributed by atoms with Gasteiger partial charge in [0.1, 0.15) is 5.49 Å². The Morgan fingerprint density at radius 1 is 1.17 bits per heavy atom. The predicted octanol–water partition coefficient (Wildman–Crippen LogP) is 4.93. The zero-order valence-electron chi connectivity index (χ0n) is 19.8. The quantitative estimate of drug-likeness (QED) is 0.362. The Morgan fingerprint density at radius 3 is 2.57 bits per heavy atom. The molecule has 180 valence electrons. The summed E-state index contributed by atoms with van der Waals surface area (Å²) in [6.45, 7) is 4.55. The number of halogens is 2. The lowest BCUT2D eigenvalue weighted by Gasteiger charge is -2.24. The predicted molar refractivity (Wildman–Crippen MR) is 141 cm³/mol. The lowest BCUT2D eigenvalue weighted by atomic mass is 9.86. The smallest absolute Gasteiger partial charge is 0.333 e. The maximum Gasteiger partial charge on any atom is 0.333 e. The molecule has 1 aliphatic rings. The number of para-hydroxylation sites is 1. The van der Waals surface area contributed by atoms with Crippen molar-refractivity contribution in [3.05, 3.63) is 73.7 Å². The van der Waals surface area contributed by atoms with E-state index in [0.29, 0.717) is 11.3 Å². The summed E-state index contributed by atoms with van der Waals surface area (Å²) in [6, 6.07) is 9.12. The highest BCUT2D eigenvalue weighted by Crippen LogP contribution is 2.45. The van der Waals surface area contributed by atoms with Crippen molar-refractivity contribution in [3.8, 4) is 5.69 Å². The summed E-state index contributed by atoms with van der Waals surface area (Å²) in [4.78, 5) is 26.7. The van der Waals surface area contributed by atoms with E-state index in [4.69, 9.17) is 28.6 Å². The summed E-state index contributed by atoms with van der Waals surface area (Å²) in [7, 11) is 4.05. The maximum atomic E-state index is 12.9. The van der Waals surface area contributed by atoms with E-state index in [1.165, 1.54) is 17.3 Å². The van der Waals surface area contributed by atoms with E-state index in [0.717, 1.165) is 28.8 Å². The Bertz CT molecular complexity index is 1580. The van der Waals surface area contributed by atoms with Crippen LogP contribution in [0.1, 0.15) is 31.4 Å². The monoisotopic (exact) mass is 509 g/mol. The molecule has 1 aliphatic carbocycles. The molecule has 0 bridgehead atoms. The van der Waals surface area contributed by atoms with Gasteiger partial charge in [-0.3, -0.25) is 10.4 Å². The maximum absolute atomic E-state index is 12.9. The van der Waals surface area contributed by atoms with Crippen molar-refractivity contribution >= 4 is 51.6 Å². The summed E-state index contributed by atoms with van der Waals surface area (Å²) >= 11 is 12.6. The molecule has 0 aliphatic heterocycles. The average molecular weight is 510 g/mol. The molecule has 10 heteroatoms. The SMILES string of the molecule is CN(C)c1c(Nc2ncc3c(=N)n(-c4c(Cl)cccc4Cl)c(=O)[nH]c3n2)ccc2c1CCC2(C)C. The number of aromatic amines is 1. The van der Waals surface area contributed by atoms with Crippen LogP contribution in [0.4, 0.5) is 17.3 Å². The Hall–Kier alpha value is -3.36. The van der Waals surface area contributed by atoms with Crippen LogP contribution in [0.3, 0.4) is 0 Å². The highest BCUT2D eigenvalue weighted by molar-refractivity contribution is 6.37. The molecule has 0 atom stereocenters. The van der Waals surface area contributed by atoms with Crippen LogP contribution in [0, 0.1) is 5.41 Å². The number of anilines is 3. The van der Waals surface area contributed by atoms with Crippen molar-refractivity contribution in [2.75, 3.05) is 24.3 Å². The second kappa shape index (κ2) is 8.39. The van der Waals surface area contributed by atoms with E-state index >= 15 is 0 Å². The van der Waals surface area contributed by atoms with Crippen LogP contribution in [-0.2, 0) is 11.8 Å². The van der Waals surface area contributed by atoms with E-state index in [9.17, 15) is 4.79 Å². The molecule has 3 N–H and O–H groups in total. The minimum atomic E-state index is -0.573. The lowest BCUT2D eigenvalue weighted by Crippen LogP contribution is -2.34. The molecule has 35 heavy (non-hydrogen) atoms. The number of hydrogen-bond acceptors (Lipinski definition) is 6. The first kappa shape index (κ1) is 23.4. The van der Waals surface area contributed by atoms with Crippen LogP contribution >= 0.6 is 23.2 Å². The van der Waals surface area contributed by atoms with Crippen molar-refractivity contribution in [2.45, 2.75) is 32.1 Å². The summed E-state index contributed by atoms with van der Waals surface area (Å²) in [5.41, 5.74) is 4.60. The molecule has 2 heterocycles. The Labute approximate surface area is 212 Å². The van der Waals surface area contributed by atoms with Crippen molar-refractivity contribution in [1.29, 1.82) is 5.41 Å². The van der Waals surface area contributed by atoms with Crippen molar-refractivity contribution in [1.82, 2.24) is 19.5 Å². The van der Waals surface area contributed by atoms with E-state index in [2.05, 4.69) is 45.1 Å². The number of H-pyrrole nitrogens is 1. The number of rotatable bonds is 4. The third-order valence-electron chi connectivity index (χ3n) is 6.56. The number of nitrogens with zero attached hydrogens (tertiary/aromatic N) is 4. The molecule has 0 saturated heterocycles. The molecule has 2 aromatic heterocycles. The van der Waals surface area contributed by atoms with E-state index in [1.807, 2.05) is 20.2 Å². The topological polar surface area (TPSA) is 103 Å². The van der Waals surface area contributed by atoms with Crippen LogP contribution in [0.5, 0.6) is 0 Å². The van der Waals surface area contributed by atoms with Gasteiger partial charge in [0.25, 0.3) is 0 Å². The van der Waals surface area contributed by atoms with Crippen LogP contribution in [0.2, 0.25) is 10.0 Å². The van der Waals surface area contributed by atoms with Gasteiger partial charge >= 0.3 is 5.69 Å². The number of nitrogens with one attached hydrogen (secondary N) is 3. The van der Waals surface area contributed by atoms with Crippen LogP contribution in [-0.4, -0.2) is 33.6 Å². The molecule has 8 nitrogen and oxygen atoms in total. The van der Waals surface area contributed by atoms with Gasteiger partial charge in [-0.05, 0) is 47.6 Å². The average Bonchev–Trinajstić information content (AvgIpc) is 3.09. The fraction of sp³-hybridized carbons (Fsp3) is 0.280. The van der Waals surface area contributed by atoms with Crippen molar-refractivity contribution in [3.63, 3.8) is 0 Å². The van der Waals surface area contributed by atoms with Crippen LogP contribution in [0.15, 0.2) is 41.3 Å². The largest absolute Gasteiger partial charge is 0.376 e. The first-order chi connectivity index (χ1) is 16.6. The van der Waals surface area contributed by atoms with Gasteiger partial charge in [-0.15, -0.1) is 0 Å². The van der Waals surface area contributed by atoms with Gasteiger partial charge in [-0.2, -0.15) is 4.98 Å². The highest BCUT2D eigenvalue weighted by Gasteiger charge is 2.32. The van der Waals surface area contributed by atoms with Gasteiger partial charge < -0.3 is 10.2 Å². The number of hydrogen-bond donors (Lipinski definition) is 3. The van der Waals surface area contributed by atoms with Crippen molar-refractivity contribution < 1.29 is 0 Å². The molecule has 0 spiro atoms. The fourth-order valence-corrected chi connectivity index (χ4v) is 5.40. The minimum Gasteiger partial charge on any atom is -0.376 e. The fourth-order valence-electron chi connectivity index (χ4n) is 4.83. The van der Waals surface area contributed by atoms with Gasteiger partial charge in [0, 0.05) is 20.3 Å². The van der Waals surface area contributed by atoms with Gasteiger partial charge in [0.05, 0.1) is 32.5 Å². The van der Waals surface area contributed by atoms with Gasteiger partial charge in [0.15, 0.2) is 5.65 Å². The summed E-state index contributed by atoms with van der Waals surface area (Å²) in [5, 5.41) is 12.8. The van der Waals surface area contributed by atoms with Crippen molar-refractivity contribution in [2.24, 2.45) is 0 Å². The zero-order chi connectivity index (χ0) is 25.1. The van der Waals surface area contributed by atoms with Crippen LogP contribution in [0.25, 0.3) is 16.7 Å². The van der Waals surface area contributed by atoms with Gasteiger partial charge in [-0.1, -0.05) is 49.2 Å². The molecule has 0 amide bonds. The Balaban J connectivity index is 1.60. The second-order valence-electron chi connectivity index (χ2n) is 9.53. The Morgan fingerprint density at radius 2 is 1.89 bits per heavy atom. The molecule has 4 aromatic rings. The normalized spacial score (nSPS) is 14.2. The molecule has 0 radical (unpaired) electrons. The number of fused-ring (bicyclic) bond motifs is 2. The molecular weight excluding hydrogens is 485 g/mol. The first-order valence-electron chi connectivity index (χ1n) is 11.2. The summed E-state index contributed by atoms with van der Waals surface area (Å²) < 4.78 is 1.12. The van der Waals surface area contributed by atoms with E-state index in [-0.39, 0.29) is 32.3 Å². The highest BCUT2D eigenvalue weighted by atomic mass is 35.5. The zero-order valence-corrected chi connectivity index (χ0v) is 21.3. The molecule has 0 saturated carbocycles. The molecule has 2 aromatic carbocycles. The first-order valence-corrected chi connectivity index (χ1v) is 12.0. The van der Waals surface area contributed by atoms with E-state index < -0.39 is 5.69 Å². The second-order valence-corrected chi connectivity index (χ2v) is 10.3. The molecule has 0 unspecified atom stereocenters. The van der Waals surface area contributed by atoms with Gasteiger partial charge in [0.2, 0.25) is 5.95 Å². The molecular formula is C25H25Cl2N7O. The number of benzene rings is 2. The van der Waals surface area contributed by atoms with Crippen LogP contribution < -0.4 is 21.4 Å².